The molecule has 1 amide bonds. The van der Waals surface area contributed by atoms with Gasteiger partial charge in [0, 0.05) is 6.54 Å². The number of hydrogen-bond acceptors (Lipinski definition) is 4. The summed E-state index contributed by atoms with van der Waals surface area (Å²) in [6.45, 7) is 0.547. The Labute approximate surface area is 189 Å². The van der Waals surface area contributed by atoms with E-state index in [0.717, 1.165) is 23.1 Å². The monoisotopic (exact) mass is 428 g/mol. The zero-order chi connectivity index (χ0) is 22.3. The Morgan fingerprint density at radius 1 is 0.844 bits per heavy atom. The van der Waals surface area contributed by atoms with Gasteiger partial charge in [-0.3, -0.25) is 10.1 Å². The van der Waals surface area contributed by atoms with E-state index in [2.05, 4.69) is 29.6 Å². The van der Waals surface area contributed by atoms with Crippen molar-refractivity contribution in [2.24, 2.45) is 0 Å². The van der Waals surface area contributed by atoms with Crippen molar-refractivity contribution in [2.75, 3.05) is 13.7 Å². The number of carbonyl (C=O) groups excluding carboxylic acids is 2. The minimum Gasteiger partial charge on any atom is -0.467 e. The van der Waals surface area contributed by atoms with Crippen molar-refractivity contribution < 1.29 is 14.3 Å². The first-order valence-corrected chi connectivity index (χ1v) is 11.0. The van der Waals surface area contributed by atoms with Crippen LogP contribution >= 0.6 is 0 Å². The summed E-state index contributed by atoms with van der Waals surface area (Å²) in [6.07, 6.45) is 1.41. The van der Waals surface area contributed by atoms with Crippen LogP contribution in [0.4, 0.5) is 0 Å². The summed E-state index contributed by atoms with van der Waals surface area (Å²) in [4.78, 5) is 27.8. The van der Waals surface area contributed by atoms with Gasteiger partial charge in [0.25, 0.3) is 0 Å². The van der Waals surface area contributed by atoms with Crippen molar-refractivity contribution in [3.63, 3.8) is 0 Å². The van der Waals surface area contributed by atoms with Gasteiger partial charge in [0.15, 0.2) is 0 Å². The molecule has 0 unspecified atom stereocenters. The Bertz CT molecular complexity index is 985. The van der Waals surface area contributed by atoms with E-state index in [0.29, 0.717) is 13.0 Å². The van der Waals surface area contributed by atoms with Gasteiger partial charge in [-0.25, -0.2) is 4.79 Å². The molecule has 4 rings (SSSR count). The van der Waals surface area contributed by atoms with Crippen LogP contribution in [0.1, 0.15) is 41.6 Å². The van der Waals surface area contributed by atoms with Gasteiger partial charge in [0.1, 0.15) is 12.1 Å². The lowest BCUT2D eigenvalue weighted by Gasteiger charge is -2.31. The van der Waals surface area contributed by atoms with Crippen molar-refractivity contribution in [2.45, 2.75) is 31.0 Å². The first kappa shape index (κ1) is 21.8. The van der Waals surface area contributed by atoms with Gasteiger partial charge < -0.3 is 9.64 Å². The molecule has 5 heteroatoms. The summed E-state index contributed by atoms with van der Waals surface area (Å²) in [5, 5.41) is 3.61. The highest BCUT2D eigenvalue weighted by molar-refractivity contribution is 5.89. The van der Waals surface area contributed by atoms with Crippen molar-refractivity contribution in [3.05, 3.63) is 108 Å². The van der Waals surface area contributed by atoms with Crippen LogP contribution in [-0.4, -0.2) is 36.5 Å². The molecule has 5 nitrogen and oxygen atoms in total. The van der Waals surface area contributed by atoms with E-state index < -0.39 is 12.1 Å². The number of nitrogens with one attached hydrogen (secondary N) is 1. The Morgan fingerprint density at radius 2 is 1.34 bits per heavy atom. The average Bonchev–Trinajstić information content (AvgIpc) is 3.35. The Kier molecular flexibility index (Phi) is 6.97. The summed E-state index contributed by atoms with van der Waals surface area (Å²) in [6, 6.07) is 28.6. The molecule has 1 fully saturated rings. The molecule has 0 bridgehead atoms. The Balaban J connectivity index is 1.71. The number of likely N-dealkylation sites (tertiary alicyclic amines) is 1. The molecule has 0 radical (unpaired) electrons. The lowest BCUT2D eigenvalue weighted by molar-refractivity contribution is -0.151. The largest absolute Gasteiger partial charge is 0.467 e. The lowest BCUT2D eigenvalue weighted by atomic mass is 9.95. The molecule has 0 aliphatic carbocycles. The van der Waals surface area contributed by atoms with Crippen LogP contribution in [0.15, 0.2) is 91.0 Å². The van der Waals surface area contributed by atoms with E-state index >= 15 is 0 Å². The van der Waals surface area contributed by atoms with E-state index in [-0.39, 0.29) is 17.9 Å². The molecular formula is C27H28N2O3. The highest BCUT2D eigenvalue weighted by atomic mass is 16.5. The van der Waals surface area contributed by atoms with Gasteiger partial charge in [-0.05, 0) is 29.5 Å². The number of ether oxygens (including phenoxy) is 1. The van der Waals surface area contributed by atoms with E-state index in [9.17, 15) is 9.59 Å². The second-order valence-corrected chi connectivity index (χ2v) is 7.98. The number of rotatable bonds is 7. The number of nitrogens with zero attached hydrogens (tertiary/aromatic N) is 1. The normalized spacial score (nSPS) is 16.7. The van der Waals surface area contributed by atoms with Crippen molar-refractivity contribution in [3.8, 4) is 0 Å². The number of methoxy groups -OCH3 is 1. The van der Waals surface area contributed by atoms with Crippen molar-refractivity contribution in [1.29, 1.82) is 0 Å². The SMILES string of the molecule is COC(=O)[C@@H]1CCCN1C(=O)[C@H](NC(c1ccccc1)c1ccccc1)c1ccccc1. The van der Waals surface area contributed by atoms with E-state index in [1.54, 1.807) is 4.90 Å². The minimum atomic E-state index is -0.605. The molecular weight excluding hydrogens is 400 g/mol. The van der Waals surface area contributed by atoms with Crippen LogP contribution in [-0.2, 0) is 14.3 Å². The maximum Gasteiger partial charge on any atom is 0.328 e. The van der Waals surface area contributed by atoms with Crippen LogP contribution in [0.25, 0.3) is 0 Å². The summed E-state index contributed by atoms with van der Waals surface area (Å²) < 4.78 is 4.97. The van der Waals surface area contributed by atoms with Crippen LogP contribution < -0.4 is 5.32 Å². The fourth-order valence-electron chi connectivity index (χ4n) is 4.38. The summed E-state index contributed by atoms with van der Waals surface area (Å²) in [5.74, 6) is -0.466. The molecule has 1 N–H and O–H groups in total. The molecule has 32 heavy (non-hydrogen) atoms. The maximum absolute atomic E-state index is 13.8. The van der Waals surface area contributed by atoms with E-state index in [1.807, 2.05) is 66.7 Å². The molecule has 3 aromatic carbocycles. The molecule has 1 saturated heterocycles. The molecule has 3 aromatic rings. The van der Waals surface area contributed by atoms with Gasteiger partial charge >= 0.3 is 5.97 Å². The molecule has 1 heterocycles. The minimum absolute atomic E-state index is 0.110. The highest BCUT2D eigenvalue weighted by Gasteiger charge is 2.39. The third kappa shape index (κ3) is 4.73. The summed E-state index contributed by atoms with van der Waals surface area (Å²) in [5.41, 5.74) is 3.00. The lowest BCUT2D eigenvalue weighted by Crippen LogP contribution is -2.47. The predicted molar refractivity (Wildman–Crippen MR) is 124 cm³/mol. The third-order valence-electron chi connectivity index (χ3n) is 5.99. The molecule has 2 atom stereocenters. The van der Waals surface area contributed by atoms with Gasteiger partial charge in [-0.15, -0.1) is 0 Å². The van der Waals surface area contributed by atoms with Crippen molar-refractivity contribution in [1.82, 2.24) is 10.2 Å². The van der Waals surface area contributed by atoms with E-state index in [1.165, 1.54) is 7.11 Å². The summed E-state index contributed by atoms with van der Waals surface area (Å²) in [7, 11) is 1.37. The van der Waals surface area contributed by atoms with Gasteiger partial charge in [-0.2, -0.15) is 0 Å². The third-order valence-corrected chi connectivity index (χ3v) is 5.99. The molecule has 0 aromatic heterocycles. The molecule has 0 spiro atoms. The topological polar surface area (TPSA) is 58.6 Å². The average molecular weight is 429 g/mol. The van der Waals surface area contributed by atoms with Crippen LogP contribution in [0.5, 0.6) is 0 Å². The second kappa shape index (κ2) is 10.2. The zero-order valence-corrected chi connectivity index (χ0v) is 18.2. The Hall–Kier alpha value is -3.44. The van der Waals surface area contributed by atoms with Gasteiger partial charge in [0.2, 0.25) is 5.91 Å². The number of esters is 1. The predicted octanol–water partition coefficient (Wildman–Crippen LogP) is 4.27. The quantitative estimate of drug-likeness (QED) is 0.571. The molecule has 0 saturated carbocycles. The van der Waals surface area contributed by atoms with Crippen LogP contribution in [0, 0.1) is 0 Å². The number of amides is 1. The number of carbonyl (C=O) groups is 2. The van der Waals surface area contributed by atoms with Crippen molar-refractivity contribution >= 4 is 11.9 Å². The van der Waals surface area contributed by atoms with Crippen LogP contribution in [0.2, 0.25) is 0 Å². The molecule has 164 valence electrons. The molecule has 1 aliphatic heterocycles. The highest BCUT2D eigenvalue weighted by Crippen LogP contribution is 2.29. The fraction of sp³-hybridized carbons (Fsp3) is 0.259. The van der Waals surface area contributed by atoms with E-state index in [4.69, 9.17) is 4.74 Å². The van der Waals surface area contributed by atoms with Crippen LogP contribution in [0.3, 0.4) is 0 Å². The summed E-state index contributed by atoms with van der Waals surface area (Å²) >= 11 is 0. The fourth-order valence-corrected chi connectivity index (χ4v) is 4.38. The zero-order valence-electron chi connectivity index (χ0n) is 18.2. The van der Waals surface area contributed by atoms with Gasteiger partial charge in [-0.1, -0.05) is 91.0 Å². The van der Waals surface area contributed by atoms with Gasteiger partial charge in [0.05, 0.1) is 13.2 Å². The smallest absolute Gasteiger partial charge is 0.328 e. The maximum atomic E-state index is 13.8. The second-order valence-electron chi connectivity index (χ2n) is 7.98. The standard InChI is InChI=1S/C27H28N2O3/c1-32-27(31)23-18-11-19-29(23)26(30)25(22-16-9-4-10-17-22)28-24(20-12-5-2-6-13-20)21-14-7-3-8-15-21/h2-10,12-17,23-25,28H,11,18-19H2,1H3/t23-,25+/m0/s1. The number of benzene rings is 3. The first-order chi connectivity index (χ1) is 15.7. The first-order valence-electron chi connectivity index (χ1n) is 11.0. The Morgan fingerprint density at radius 3 is 1.84 bits per heavy atom. The number of hydrogen-bond donors (Lipinski definition) is 1. The molecule has 1 aliphatic rings.